The van der Waals surface area contributed by atoms with Crippen molar-refractivity contribution in [1.29, 1.82) is 0 Å². The van der Waals surface area contributed by atoms with Crippen LogP contribution < -0.4 is 0 Å². The molecule has 0 saturated carbocycles. The lowest BCUT2D eigenvalue weighted by molar-refractivity contribution is 0.103. The molecule has 0 spiro atoms. The number of aryl methyl sites for hydroxylation is 1. The second kappa shape index (κ2) is 5.33. The SMILES string of the molecule is Cc1cc(F)cc(C(=O)c2ccc(Br)cc2Br)c1. The van der Waals surface area contributed by atoms with Crippen molar-refractivity contribution in [3.05, 3.63) is 67.9 Å². The third-order valence-electron chi connectivity index (χ3n) is 2.48. The maximum atomic E-state index is 13.3. The summed E-state index contributed by atoms with van der Waals surface area (Å²) >= 11 is 6.66. The van der Waals surface area contributed by atoms with Gasteiger partial charge in [0.1, 0.15) is 5.82 Å². The lowest BCUT2D eigenvalue weighted by atomic mass is 10.0. The molecule has 0 aliphatic rings. The van der Waals surface area contributed by atoms with E-state index < -0.39 is 5.82 Å². The summed E-state index contributed by atoms with van der Waals surface area (Å²) in [6.45, 7) is 1.76. The molecular weight excluding hydrogens is 363 g/mol. The first-order valence-corrected chi connectivity index (χ1v) is 6.83. The first kappa shape index (κ1) is 13.4. The first-order chi connectivity index (χ1) is 8.47. The monoisotopic (exact) mass is 370 g/mol. The highest BCUT2D eigenvalue weighted by molar-refractivity contribution is 9.11. The van der Waals surface area contributed by atoms with Crippen molar-refractivity contribution in [2.75, 3.05) is 0 Å². The summed E-state index contributed by atoms with van der Waals surface area (Å²) in [5.74, 6) is -0.594. The van der Waals surface area contributed by atoms with Crippen LogP contribution in [0.15, 0.2) is 45.3 Å². The van der Waals surface area contributed by atoms with E-state index in [2.05, 4.69) is 31.9 Å². The summed E-state index contributed by atoms with van der Waals surface area (Å²) in [5, 5.41) is 0. The molecule has 2 aromatic rings. The van der Waals surface area contributed by atoms with Gasteiger partial charge < -0.3 is 0 Å². The van der Waals surface area contributed by atoms with E-state index in [4.69, 9.17) is 0 Å². The van der Waals surface area contributed by atoms with Crippen LogP contribution in [0.2, 0.25) is 0 Å². The molecule has 0 radical (unpaired) electrons. The molecule has 0 saturated heterocycles. The minimum atomic E-state index is -0.397. The van der Waals surface area contributed by atoms with Gasteiger partial charge in [-0.05, 0) is 64.8 Å². The quantitative estimate of drug-likeness (QED) is 0.687. The lowest BCUT2D eigenvalue weighted by Crippen LogP contribution is -2.03. The Bertz CT molecular complexity index is 603. The predicted molar refractivity (Wildman–Crippen MR) is 76.4 cm³/mol. The molecule has 1 nitrogen and oxygen atoms in total. The van der Waals surface area contributed by atoms with Crippen LogP contribution in [-0.2, 0) is 0 Å². The van der Waals surface area contributed by atoms with Crippen LogP contribution in [0.5, 0.6) is 0 Å². The van der Waals surface area contributed by atoms with Crippen molar-refractivity contribution in [2.24, 2.45) is 0 Å². The molecular formula is C14H9Br2FO. The maximum absolute atomic E-state index is 13.3. The van der Waals surface area contributed by atoms with E-state index in [1.54, 1.807) is 31.2 Å². The molecule has 2 rings (SSSR count). The number of benzene rings is 2. The predicted octanol–water partition coefficient (Wildman–Crippen LogP) is 4.89. The Morgan fingerprint density at radius 1 is 1.11 bits per heavy atom. The largest absolute Gasteiger partial charge is 0.289 e. The molecule has 0 heterocycles. The van der Waals surface area contributed by atoms with E-state index in [0.717, 1.165) is 10.0 Å². The molecule has 18 heavy (non-hydrogen) atoms. The van der Waals surface area contributed by atoms with E-state index in [-0.39, 0.29) is 5.78 Å². The Labute approximate surface area is 121 Å². The summed E-state index contributed by atoms with van der Waals surface area (Å²) < 4.78 is 14.9. The number of carbonyl (C=O) groups is 1. The molecule has 0 aliphatic carbocycles. The third-order valence-corrected chi connectivity index (χ3v) is 3.63. The Morgan fingerprint density at radius 3 is 2.44 bits per heavy atom. The van der Waals surface area contributed by atoms with Gasteiger partial charge in [-0.2, -0.15) is 0 Å². The Morgan fingerprint density at radius 2 is 1.83 bits per heavy atom. The summed E-state index contributed by atoms with van der Waals surface area (Å²) in [7, 11) is 0. The van der Waals surface area contributed by atoms with Crippen LogP contribution in [0, 0.1) is 12.7 Å². The lowest BCUT2D eigenvalue weighted by Gasteiger charge is -2.06. The molecule has 4 heteroatoms. The van der Waals surface area contributed by atoms with Gasteiger partial charge in [0.2, 0.25) is 0 Å². The molecule has 0 unspecified atom stereocenters. The molecule has 0 N–H and O–H groups in total. The highest BCUT2D eigenvalue weighted by atomic mass is 79.9. The van der Waals surface area contributed by atoms with Gasteiger partial charge in [-0.15, -0.1) is 0 Å². The molecule has 0 aromatic heterocycles. The molecule has 0 bridgehead atoms. The number of hydrogen-bond donors (Lipinski definition) is 0. The normalized spacial score (nSPS) is 10.4. The van der Waals surface area contributed by atoms with E-state index in [1.807, 2.05) is 0 Å². The minimum Gasteiger partial charge on any atom is -0.289 e. The average Bonchev–Trinajstić information content (AvgIpc) is 2.26. The van der Waals surface area contributed by atoms with Crippen LogP contribution in [0.1, 0.15) is 21.5 Å². The van der Waals surface area contributed by atoms with E-state index >= 15 is 0 Å². The second-order valence-electron chi connectivity index (χ2n) is 3.97. The molecule has 0 fully saturated rings. The first-order valence-electron chi connectivity index (χ1n) is 5.24. The summed E-state index contributed by atoms with van der Waals surface area (Å²) in [4.78, 5) is 12.3. The van der Waals surface area contributed by atoms with Crippen LogP contribution in [0.3, 0.4) is 0 Å². The molecule has 2 aromatic carbocycles. The van der Waals surface area contributed by atoms with Crippen molar-refractivity contribution in [2.45, 2.75) is 6.92 Å². The minimum absolute atomic E-state index is 0.197. The number of halogens is 3. The van der Waals surface area contributed by atoms with Gasteiger partial charge in [0.25, 0.3) is 0 Å². The fourth-order valence-corrected chi connectivity index (χ4v) is 2.92. The zero-order valence-electron chi connectivity index (χ0n) is 9.51. The van der Waals surface area contributed by atoms with Crippen molar-refractivity contribution < 1.29 is 9.18 Å². The van der Waals surface area contributed by atoms with Crippen LogP contribution in [0.4, 0.5) is 4.39 Å². The fraction of sp³-hybridized carbons (Fsp3) is 0.0714. The van der Waals surface area contributed by atoms with Gasteiger partial charge in [0.15, 0.2) is 5.78 Å². The van der Waals surface area contributed by atoms with Gasteiger partial charge in [-0.1, -0.05) is 15.9 Å². The van der Waals surface area contributed by atoms with Crippen molar-refractivity contribution in [3.63, 3.8) is 0 Å². The highest BCUT2D eigenvalue weighted by Crippen LogP contribution is 2.24. The van der Waals surface area contributed by atoms with Gasteiger partial charge in [-0.3, -0.25) is 4.79 Å². The zero-order chi connectivity index (χ0) is 13.3. The Kier molecular flexibility index (Phi) is 3.97. The average molecular weight is 372 g/mol. The smallest absolute Gasteiger partial charge is 0.194 e. The van der Waals surface area contributed by atoms with Gasteiger partial charge in [0.05, 0.1) is 0 Å². The van der Waals surface area contributed by atoms with Gasteiger partial charge in [-0.25, -0.2) is 4.39 Å². The zero-order valence-corrected chi connectivity index (χ0v) is 12.7. The number of hydrogen-bond acceptors (Lipinski definition) is 1. The summed E-state index contributed by atoms with van der Waals surface area (Å²) in [5.41, 5.74) is 1.60. The van der Waals surface area contributed by atoms with Gasteiger partial charge in [0, 0.05) is 20.1 Å². The van der Waals surface area contributed by atoms with Crippen LogP contribution >= 0.6 is 31.9 Å². The van der Waals surface area contributed by atoms with Gasteiger partial charge >= 0.3 is 0 Å². The summed E-state index contributed by atoms with van der Waals surface area (Å²) in [6.07, 6.45) is 0. The van der Waals surface area contributed by atoms with E-state index in [1.165, 1.54) is 12.1 Å². The standard InChI is InChI=1S/C14H9Br2FO/c1-8-4-9(6-11(17)5-8)14(18)12-3-2-10(15)7-13(12)16/h2-7H,1H3. The van der Waals surface area contributed by atoms with E-state index in [0.29, 0.717) is 15.6 Å². The number of rotatable bonds is 2. The van der Waals surface area contributed by atoms with Crippen LogP contribution in [0.25, 0.3) is 0 Å². The van der Waals surface area contributed by atoms with E-state index in [9.17, 15) is 9.18 Å². The number of carbonyl (C=O) groups excluding carboxylic acids is 1. The fourth-order valence-electron chi connectivity index (χ4n) is 1.70. The molecule has 0 aliphatic heterocycles. The second-order valence-corrected chi connectivity index (χ2v) is 5.74. The Balaban J connectivity index is 2.47. The van der Waals surface area contributed by atoms with Crippen LogP contribution in [-0.4, -0.2) is 5.78 Å². The Hall–Kier alpha value is -1.000. The highest BCUT2D eigenvalue weighted by Gasteiger charge is 2.14. The summed E-state index contributed by atoms with van der Waals surface area (Å²) in [6, 6.07) is 9.61. The maximum Gasteiger partial charge on any atom is 0.194 e. The molecule has 0 amide bonds. The topological polar surface area (TPSA) is 17.1 Å². The number of ketones is 1. The van der Waals surface area contributed by atoms with Crippen molar-refractivity contribution >= 4 is 37.6 Å². The van der Waals surface area contributed by atoms with Crippen molar-refractivity contribution in [1.82, 2.24) is 0 Å². The van der Waals surface area contributed by atoms with Crippen molar-refractivity contribution in [3.8, 4) is 0 Å². The molecule has 92 valence electrons. The third kappa shape index (κ3) is 2.87. The molecule has 0 atom stereocenters.